The molecule has 7 heteroatoms. The van der Waals surface area contributed by atoms with Gasteiger partial charge in [0, 0.05) is 32.4 Å². The third kappa shape index (κ3) is 5.48. The van der Waals surface area contributed by atoms with Crippen molar-refractivity contribution in [3.63, 3.8) is 0 Å². The molecule has 1 fully saturated rings. The van der Waals surface area contributed by atoms with E-state index in [1.54, 1.807) is 15.8 Å². The largest absolute Gasteiger partial charge is 0.341 e. The van der Waals surface area contributed by atoms with Crippen LogP contribution in [-0.4, -0.2) is 62.8 Å². The first kappa shape index (κ1) is 22.7. The van der Waals surface area contributed by atoms with Crippen molar-refractivity contribution in [2.24, 2.45) is 5.92 Å². The molecule has 0 radical (unpaired) electrons. The number of aryl methyl sites for hydroxylation is 2. The molecule has 0 N–H and O–H groups in total. The highest BCUT2D eigenvalue weighted by Crippen LogP contribution is 2.23. The second-order valence-electron chi connectivity index (χ2n) is 8.78. The molecule has 0 aliphatic carbocycles. The van der Waals surface area contributed by atoms with Crippen LogP contribution in [0.5, 0.6) is 0 Å². The summed E-state index contributed by atoms with van der Waals surface area (Å²) in [7, 11) is 0. The predicted molar refractivity (Wildman–Crippen MR) is 127 cm³/mol. The highest BCUT2D eigenvalue weighted by Gasteiger charge is 2.31. The Morgan fingerprint density at radius 2 is 1.85 bits per heavy atom. The van der Waals surface area contributed by atoms with Crippen LogP contribution in [0, 0.1) is 19.8 Å². The minimum absolute atomic E-state index is 0.0366. The molecular formula is C26H31N5O2. The standard InChI is InChI=1S/C26H31N5O2/c1-4-29-12-13-30(25(32)18-31-16-20(3)27-28-31)17-24(26(29)33)15-21-8-10-22(11-9-21)23-7-5-6-19(2)14-23/h5-11,14,16,24H,4,12-13,15,17-18H2,1-3H3. The van der Waals surface area contributed by atoms with Gasteiger partial charge in [-0.05, 0) is 43.9 Å². The van der Waals surface area contributed by atoms with Gasteiger partial charge in [-0.15, -0.1) is 5.10 Å². The number of likely N-dealkylation sites (N-methyl/N-ethyl adjacent to an activating group) is 1. The van der Waals surface area contributed by atoms with Gasteiger partial charge in [-0.2, -0.15) is 0 Å². The van der Waals surface area contributed by atoms with Gasteiger partial charge in [0.05, 0.1) is 11.6 Å². The Kier molecular flexibility index (Phi) is 6.87. The van der Waals surface area contributed by atoms with E-state index in [2.05, 4.69) is 65.8 Å². The number of hydrogen-bond acceptors (Lipinski definition) is 4. The van der Waals surface area contributed by atoms with Crippen molar-refractivity contribution in [1.29, 1.82) is 0 Å². The van der Waals surface area contributed by atoms with Crippen molar-refractivity contribution in [3.05, 3.63) is 71.5 Å². The molecule has 1 aromatic heterocycles. The molecule has 2 amide bonds. The maximum Gasteiger partial charge on any atom is 0.244 e. The van der Waals surface area contributed by atoms with Crippen LogP contribution >= 0.6 is 0 Å². The fourth-order valence-corrected chi connectivity index (χ4v) is 4.39. The zero-order valence-electron chi connectivity index (χ0n) is 19.6. The summed E-state index contributed by atoms with van der Waals surface area (Å²) in [5.74, 6) is -0.184. The Hall–Kier alpha value is -3.48. The first-order valence-corrected chi connectivity index (χ1v) is 11.5. The molecule has 172 valence electrons. The Morgan fingerprint density at radius 3 is 2.52 bits per heavy atom. The van der Waals surface area contributed by atoms with E-state index in [4.69, 9.17) is 0 Å². The molecule has 2 heterocycles. The summed E-state index contributed by atoms with van der Waals surface area (Å²) in [6, 6.07) is 16.8. The van der Waals surface area contributed by atoms with Crippen LogP contribution in [0.25, 0.3) is 11.1 Å². The topological polar surface area (TPSA) is 71.3 Å². The van der Waals surface area contributed by atoms with Crippen LogP contribution in [0.15, 0.2) is 54.7 Å². The monoisotopic (exact) mass is 445 g/mol. The van der Waals surface area contributed by atoms with E-state index in [1.807, 2.05) is 18.7 Å². The first-order chi connectivity index (χ1) is 15.9. The van der Waals surface area contributed by atoms with Crippen LogP contribution in [0.3, 0.4) is 0 Å². The van der Waals surface area contributed by atoms with Crippen molar-refractivity contribution >= 4 is 11.8 Å². The van der Waals surface area contributed by atoms with E-state index in [0.29, 0.717) is 32.6 Å². The highest BCUT2D eigenvalue weighted by molar-refractivity contribution is 5.82. The highest BCUT2D eigenvalue weighted by atomic mass is 16.2. The van der Waals surface area contributed by atoms with E-state index in [0.717, 1.165) is 16.8 Å². The number of amides is 2. The molecule has 33 heavy (non-hydrogen) atoms. The molecule has 0 spiro atoms. The minimum atomic E-state index is -0.265. The van der Waals surface area contributed by atoms with E-state index < -0.39 is 0 Å². The zero-order chi connectivity index (χ0) is 23.4. The number of carbonyl (C=O) groups is 2. The quantitative estimate of drug-likeness (QED) is 0.585. The third-order valence-corrected chi connectivity index (χ3v) is 6.21. The zero-order valence-corrected chi connectivity index (χ0v) is 19.6. The second-order valence-corrected chi connectivity index (χ2v) is 8.78. The second kappa shape index (κ2) is 9.98. The van der Waals surface area contributed by atoms with Crippen molar-refractivity contribution < 1.29 is 9.59 Å². The molecule has 7 nitrogen and oxygen atoms in total. The van der Waals surface area contributed by atoms with E-state index >= 15 is 0 Å². The SMILES string of the molecule is CCN1CCN(C(=O)Cn2cc(C)nn2)CC(Cc2ccc(-c3cccc(C)c3)cc2)C1=O. The van der Waals surface area contributed by atoms with Crippen LogP contribution in [-0.2, 0) is 22.6 Å². The van der Waals surface area contributed by atoms with Gasteiger partial charge in [0.2, 0.25) is 11.8 Å². The number of carbonyl (C=O) groups excluding carboxylic acids is 2. The van der Waals surface area contributed by atoms with Gasteiger partial charge in [0.1, 0.15) is 6.54 Å². The van der Waals surface area contributed by atoms with Gasteiger partial charge in [0.25, 0.3) is 0 Å². The lowest BCUT2D eigenvalue weighted by molar-refractivity contribution is -0.135. The maximum absolute atomic E-state index is 13.2. The lowest BCUT2D eigenvalue weighted by Gasteiger charge is -2.23. The summed E-state index contributed by atoms with van der Waals surface area (Å²) in [6.45, 7) is 8.22. The van der Waals surface area contributed by atoms with Crippen molar-refractivity contribution in [2.75, 3.05) is 26.2 Å². The van der Waals surface area contributed by atoms with Crippen LogP contribution in [0.4, 0.5) is 0 Å². The molecular weight excluding hydrogens is 414 g/mol. The fraction of sp³-hybridized carbons (Fsp3) is 0.385. The van der Waals surface area contributed by atoms with Gasteiger partial charge in [0.15, 0.2) is 0 Å². The molecule has 3 aromatic rings. The molecule has 1 aliphatic heterocycles. The number of aromatic nitrogens is 3. The Bertz CT molecular complexity index is 1120. The lowest BCUT2D eigenvalue weighted by atomic mass is 9.95. The minimum Gasteiger partial charge on any atom is -0.341 e. The summed E-state index contributed by atoms with van der Waals surface area (Å²) < 4.78 is 1.56. The average Bonchev–Trinajstić information content (AvgIpc) is 3.14. The molecule has 2 aromatic carbocycles. The Labute approximate surface area is 195 Å². The molecule has 1 saturated heterocycles. The number of hydrogen-bond donors (Lipinski definition) is 0. The third-order valence-electron chi connectivity index (χ3n) is 6.21. The average molecular weight is 446 g/mol. The van der Waals surface area contributed by atoms with Gasteiger partial charge >= 0.3 is 0 Å². The Morgan fingerprint density at radius 1 is 1.06 bits per heavy atom. The van der Waals surface area contributed by atoms with Crippen LogP contribution in [0.1, 0.15) is 23.7 Å². The van der Waals surface area contributed by atoms with Crippen molar-refractivity contribution in [3.8, 4) is 11.1 Å². The smallest absolute Gasteiger partial charge is 0.244 e. The fourth-order valence-electron chi connectivity index (χ4n) is 4.39. The van der Waals surface area contributed by atoms with E-state index in [-0.39, 0.29) is 24.3 Å². The summed E-state index contributed by atoms with van der Waals surface area (Å²) in [6.07, 6.45) is 2.36. The molecule has 0 bridgehead atoms. The van der Waals surface area contributed by atoms with E-state index in [1.165, 1.54) is 11.1 Å². The van der Waals surface area contributed by atoms with Gasteiger partial charge < -0.3 is 9.80 Å². The normalized spacial score (nSPS) is 16.7. The summed E-state index contributed by atoms with van der Waals surface area (Å²) in [5.41, 5.74) is 5.44. The van der Waals surface area contributed by atoms with Crippen LogP contribution < -0.4 is 0 Å². The van der Waals surface area contributed by atoms with Gasteiger partial charge in [-0.3, -0.25) is 9.59 Å². The predicted octanol–water partition coefficient (Wildman–Crippen LogP) is 3.11. The Balaban J connectivity index is 1.49. The van der Waals surface area contributed by atoms with Gasteiger partial charge in [-0.25, -0.2) is 4.68 Å². The molecule has 1 atom stereocenters. The van der Waals surface area contributed by atoms with Gasteiger partial charge in [-0.1, -0.05) is 59.3 Å². The van der Waals surface area contributed by atoms with Crippen LogP contribution in [0.2, 0.25) is 0 Å². The summed E-state index contributed by atoms with van der Waals surface area (Å²) in [5, 5.41) is 7.94. The van der Waals surface area contributed by atoms with E-state index in [9.17, 15) is 9.59 Å². The van der Waals surface area contributed by atoms with Crippen molar-refractivity contribution in [1.82, 2.24) is 24.8 Å². The lowest BCUT2D eigenvalue weighted by Crippen LogP contribution is -2.39. The number of nitrogens with zero attached hydrogens (tertiary/aromatic N) is 5. The van der Waals surface area contributed by atoms with Crippen molar-refractivity contribution in [2.45, 2.75) is 33.7 Å². The maximum atomic E-state index is 13.2. The summed E-state index contributed by atoms with van der Waals surface area (Å²) >= 11 is 0. The molecule has 1 aliphatic rings. The summed E-state index contributed by atoms with van der Waals surface area (Å²) in [4.78, 5) is 29.8. The number of benzene rings is 2. The molecule has 0 saturated carbocycles. The number of rotatable bonds is 6. The first-order valence-electron chi connectivity index (χ1n) is 11.5. The molecule has 4 rings (SSSR count). The molecule has 1 unspecified atom stereocenters.